The van der Waals surface area contributed by atoms with E-state index in [4.69, 9.17) is 10.8 Å². The lowest BCUT2D eigenvalue weighted by Gasteiger charge is -2.19. The third-order valence-corrected chi connectivity index (χ3v) is 4.59. The Morgan fingerprint density at radius 2 is 2.00 bits per heavy atom. The lowest BCUT2D eigenvalue weighted by molar-refractivity contribution is 0.216. The van der Waals surface area contributed by atoms with Gasteiger partial charge in [-0.3, -0.25) is 0 Å². The molecule has 0 radical (unpaired) electrons. The standard InChI is InChI=1S/C12H20N2O3S/c1-8-6-11(4-5-12(8)13)18(16,17)14-10(3)9(2)7-15/h4-6,9-10,14-15H,7,13H2,1-3H3. The van der Waals surface area contributed by atoms with E-state index in [1.54, 1.807) is 26.8 Å². The van der Waals surface area contributed by atoms with Crippen molar-refractivity contribution in [3.05, 3.63) is 23.8 Å². The maximum absolute atomic E-state index is 12.1. The first-order chi connectivity index (χ1) is 8.27. The predicted molar refractivity (Wildman–Crippen MR) is 71.6 cm³/mol. The summed E-state index contributed by atoms with van der Waals surface area (Å²) in [6.45, 7) is 5.20. The first-order valence-corrected chi connectivity index (χ1v) is 7.25. The maximum atomic E-state index is 12.1. The molecule has 6 heteroatoms. The highest BCUT2D eigenvalue weighted by atomic mass is 32.2. The van der Waals surface area contributed by atoms with Crippen molar-refractivity contribution in [1.82, 2.24) is 4.72 Å². The van der Waals surface area contributed by atoms with Crippen LogP contribution in [0.2, 0.25) is 0 Å². The number of sulfonamides is 1. The number of anilines is 1. The number of nitrogen functional groups attached to an aromatic ring is 1. The molecule has 0 spiro atoms. The van der Waals surface area contributed by atoms with Gasteiger partial charge in [0.25, 0.3) is 0 Å². The van der Waals surface area contributed by atoms with Crippen LogP contribution in [0.1, 0.15) is 19.4 Å². The minimum absolute atomic E-state index is 0.0650. The van der Waals surface area contributed by atoms with Gasteiger partial charge in [-0.1, -0.05) is 6.92 Å². The fourth-order valence-electron chi connectivity index (χ4n) is 1.40. The Balaban J connectivity index is 2.96. The van der Waals surface area contributed by atoms with Crippen molar-refractivity contribution in [3.63, 3.8) is 0 Å². The second-order valence-electron chi connectivity index (χ2n) is 4.59. The Hall–Kier alpha value is -1.11. The van der Waals surface area contributed by atoms with Crippen molar-refractivity contribution in [2.75, 3.05) is 12.3 Å². The molecule has 0 aliphatic rings. The van der Waals surface area contributed by atoms with Gasteiger partial charge in [-0.05, 0) is 43.5 Å². The molecule has 0 amide bonds. The molecule has 2 unspecified atom stereocenters. The molecule has 2 atom stereocenters. The van der Waals surface area contributed by atoms with Gasteiger partial charge in [-0.2, -0.15) is 0 Å². The summed E-state index contributed by atoms with van der Waals surface area (Å²) in [5.41, 5.74) is 6.94. The maximum Gasteiger partial charge on any atom is 0.240 e. The Kier molecular flexibility index (Phi) is 4.72. The second kappa shape index (κ2) is 5.69. The fourth-order valence-corrected chi connectivity index (χ4v) is 2.84. The smallest absolute Gasteiger partial charge is 0.240 e. The number of hydrogen-bond acceptors (Lipinski definition) is 4. The van der Waals surface area contributed by atoms with E-state index in [1.165, 1.54) is 12.1 Å². The van der Waals surface area contributed by atoms with E-state index in [9.17, 15) is 8.42 Å². The molecule has 102 valence electrons. The van der Waals surface area contributed by atoms with Crippen LogP contribution < -0.4 is 10.5 Å². The number of nitrogens with one attached hydrogen (secondary N) is 1. The molecule has 0 aliphatic heterocycles. The molecule has 0 bridgehead atoms. The van der Waals surface area contributed by atoms with Crippen molar-refractivity contribution in [2.45, 2.75) is 31.7 Å². The van der Waals surface area contributed by atoms with E-state index in [-0.39, 0.29) is 23.5 Å². The summed E-state index contributed by atoms with van der Waals surface area (Å²) in [6, 6.07) is 4.25. The number of nitrogens with two attached hydrogens (primary N) is 1. The molecule has 4 N–H and O–H groups in total. The van der Waals surface area contributed by atoms with Crippen LogP contribution in [-0.2, 0) is 10.0 Å². The van der Waals surface area contributed by atoms with Gasteiger partial charge in [0.05, 0.1) is 4.90 Å². The Morgan fingerprint density at radius 1 is 1.39 bits per heavy atom. The van der Waals surface area contributed by atoms with Crippen LogP contribution in [0.25, 0.3) is 0 Å². The summed E-state index contributed by atoms with van der Waals surface area (Å²) in [6.07, 6.45) is 0. The van der Waals surface area contributed by atoms with Gasteiger partial charge < -0.3 is 10.8 Å². The van der Waals surface area contributed by atoms with Crippen LogP contribution in [0.5, 0.6) is 0 Å². The first-order valence-electron chi connectivity index (χ1n) is 5.77. The number of benzene rings is 1. The van der Waals surface area contributed by atoms with E-state index >= 15 is 0 Å². The number of hydrogen-bond donors (Lipinski definition) is 3. The molecule has 0 aliphatic carbocycles. The molecule has 0 saturated heterocycles. The highest BCUT2D eigenvalue weighted by Gasteiger charge is 2.21. The molecule has 5 nitrogen and oxygen atoms in total. The highest BCUT2D eigenvalue weighted by Crippen LogP contribution is 2.17. The molecule has 0 saturated carbocycles. The van der Waals surface area contributed by atoms with Crippen molar-refractivity contribution < 1.29 is 13.5 Å². The normalized spacial score (nSPS) is 15.3. The van der Waals surface area contributed by atoms with Crippen LogP contribution in [0.4, 0.5) is 5.69 Å². The van der Waals surface area contributed by atoms with Crippen LogP contribution in [0, 0.1) is 12.8 Å². The zero-order valence-electron chi connectivity index (χ0n) is 10.8. The van der Waals surface area contributed by atoms with Gasteiger partial charge in [0.15, 0.2) is 0 Å². The summed E-state index contributed by atoms with van der Waals surface area (Å²) in [5.74, 6) is -0.144. The Labute approximate surface area is 108 Å². The largest absolute Gasteiger partial charge is 0.399 e. The minimum atomic E-state index is -3.57. The van der Waals surface area contributed by atoms with E-state index in [2.05, 4.69) is 4.72 Å². The van der Waals surface area contributed by atoms with Crippen molar-refractivity contribution in [1.29, 1.82) is 0 Å². The number of aliphatic hydroxyl groups is 1. The Morgan fingerprint density at radius 3 is 2.50 bits per heavy atom. The van der Waals surface area contributed by atoms with Crippen LogP contribution in [-0.4, -0.2) is 26.2 Å². The molecule has 0 aromatic heterocycles. The quantitative estimate of drug-likeness (QED) is 0.694. The third kappa shape index (κ3) is 3.44. The van der Waals surface area contributed by atoms with E-state index in [0.717, 1.165) is 5.56 Å². The Bertz CT molecular complexity index is 514. The van der Waals surface area contributed by atoms with Crippen molar-refractivity contribution in [3.8, 4) is 0 Å². The zero-order chi connectivity index (χ0) is 13.9. The average Bonchev–Trinajstić information content (AvgIpc) is 2.30. The molecule has 18 heavy (non-hydrogen) atoms. The molecular formula is C12H20N2O3S. The summed E-state index contributed by atoms with van der Waals surface area (Å²) < 4.78 is 26.7. The minimum Gasteiger partial charge on any atom is -0.399 e. The van der Waals surface area contributed by atoms with Gasteiger partial charge >= 0.3 is 0 Å². The summed E-state index contributed by atoms with van der Waals surface area (Å²) in [5, 5.41) is 9.00. The lowest BCUT2D eigenvalue weighted by Crippen LogP contribution is -2.38. The lowest BCUT2D eigenvalue weighted by atomic mass is 10.1. The van der Waals surface area contributed by atoms with Gasteiger partial charge in [0.1, 0.15) is 0 Å². The highest BCUT2D eigenvalue weighted by molar-refractivity contribution is 7.89. The van der Waals surface area contributed by atoms with E-state index < -0.39 is 10.0 Å². The molecular weight excluding hydrogens is 252 g/mol. The zero-order valence-corrected chi connectivity index (χ0v) is 11.7. The topological polar surface area (TPSA) is 92.4 Å². The van der Waals surface area contributed by atoms with Crippen LogP contribution >= 0.6 is 0 Å². The van der Waals surface area contributed by atoms with Crippen LogP contribution in [0.15, 0.2) is 23.1 Å². The van der Waals surface area contributed by atoms with Crippen LogP contribution in [0.3, 0.4) is 0 Å². The summed E-state index contributed by atoms with van der Waals surface area (Å²) >= 11 is 0. The van der Waals surface area contributed by atoms with E-state index in [0.29, 0.717) is 5.69 Å². The first kappa shape index (κ1) is 14.9. The van der Waals surface area contributed by atoms with Crippen molar-refractivity contribution >= 4 is 15.7 Å². The average molecular weight is 272 g/mol. The predicted octanol–water partition coefficient (Wildman–Crippen LogP) is 0.872. The SMILES string of the molecule is Cc1cc(S(=O)(=O)NC(C)C(C)CO)ccc1N. The third-order valence-electron chi connectivity index (χ3n) is 3.03. The number of rotatable bonds is 5. The number of aliphatic hydroxyl groups excluding tert-OH is 1. The fraction of sp³-hybridized carbons (Fsp3) is 0.500. The van der Waals surface area contributed by atoms with Crippen molar-refractivity contribution in [2.24, 2.45) is 5.92 Å². The molecule has 1 rings (SSSR count). The molecule has 1 aromatic carbocycles. The second-order valence-corrected chi connectivity index (χ2v) is 6.30. The van der Waals surface area contributed by atoms with Gasteiger partial charge in [0, 0.05) is 18.3 Å². The van der Waals surface area contributed by atoms with Gasteiger partial charge in [-0.15, -0.1) is 0 Å². The monoisotopic (exact) mass is 272 g/mol. The van der Waals surface area contributed by atoms with E-state index in [1.807, 2.05) is 0 Å². The number of aryl methyl sites for hydroxylation is 1. The summed E-state index contributed by atoms with van der Waals surface area (Å²) in [4.78, 5) is 0.186. The van der Waals surface area contributed by atoms with Gasteiger partial charge in [-0.25, -0.2) is 13.1 Å². The molecule has 1 aromatic rings. The molecule has 0 heterocycles. The molecule has 0 fully saturated rings. The summed E-state index contributed by atoms with van der Waals surface area (Å²) in [7, 11) is -3.57. The van der Waals surface area contributed by atoms with Gasteiger partial charge in [0.2, 0.25) is 10.0 Å².